The van der Waals surface area contributed by atoms with Crippen LogP contribution in [0.4, 0.5) is 0 Å². The summed E-state index contributed by atoms with van der Waals surface area (Å²) in [6.07, 6.45) is 1.61. The highest BCUT2D eigenvalue weighted by Gasteiger charge is 2.01. The van der Waals surface area contributed by atoms with E-state index < -0.39 is 0 Å². The van der Waals surface area contributed by atoms with Crippen LogP contribution in [0.5, 0.6) is 5.75 Å². The van der Waals surface area contributed by atoms with Crippen LogP contribution in [-0.4, -0.2) is 4.98 Å². The summed E-state index contributed by atoms with van der Waals surface area (Å²) < 4.78 is 10.6. The molecular weight excluding hydrogens is 281 g/mol. The highest BCUT2D eigenvalue weighted by Crippen LogP contribution is 2.17. The van der Waals surface area contributed by atoms with E-state index >= 15 is 0 Å². The Bertz CT molecular complexity index is 441. The summed E-state index contributed by atoms with van der Waals surface area (Å²) in [5, 5.41) is 0.685. The molecule has 0 fully saturated rings. The van der Waals surface area contributed by atoms with Gasteiger partial charge >= 0.3 is 0 Å². The van der Waals surface area contributed by atoms with Gasteiger partial charge in [-0.05, 0) is 24.3 Å². The molecule has 0 spiro atoms. The van der Waals surface area contributed by atoms with Crippen LogP contribution in [-0.2, 0) is 6.61 Å². The molecule has 3 nitrogen and oxygen atoms in total. The fourth-order valence-corrected chi connectivity index (χ4v) is 1.47. The van der Waals surface area contributed by atoms with Gasteiger partial charge in [0.05, 0.1) is 6.20 Å². The fraction of sp³-hybridized carbons (Fsp3) is 0.100. The maximum atomic E-state index is 5.74. The zero-order chi connectivity index (χ0) is 10.7. The highest BCUT2D eigenvalue weighted by molar-refractivity contribution is 9.10. The van der Waals surface area contributed by atoms with Crippen molar-refractivity contribution in [2.45, 2.75) is 6.61 Å². The number of halogens is 2. The van der Waals surface area contributed by atoms with Gasteiger partial charge in [0.1, 0.15) is 12.4 Å². The van der Waals surface area contributed by atoms with Gasteiger partial charge in [0.15, 0.2) is 5.76 Å². The number of rotatable bonds is 3. The van der Waals surface area contributed by atoms with Crippen LogP contribution in [0.25, 0.3) is 0 Å². The van der Waals surface area contributed by atoms with E-state index in [-0.39, 0.29) is 0 Å². The Balaban J connectivity index is 1.96. The minimum Gasteiger partial charge on any atom is -0.486 e. The van der Waals surface area contributed by atoms with E-state index in [1.807, 2.05) is 0 Å². The molecule has 5 heteroatoms. The molecule has 0 aliphatic rings. The van der Waals surface area contributed by atoms with Gasteiger partial charge < -0.3 is 9.15 Å². The van der Waals surface area contributed by atoms with E-state index in [1.165, 1.54) is 0 Å². The van der Waals surface area contributed by atoms with Gasteiger partial charge in [-0.25, -0.2) is 4.98 Å². The van der Waals surface area contributed by atoms with Crippen molar-refractivity contribution in [3.05, 3.63) is 46.0 Å². The van der Waals surface area contributed by atoms with Crippen molar-refractivity contribution in [1.82, 2.24) is 4.98 Å². The fourth-order valence-electron chi connectivity index (χ4n) is 1.04. The molecule has 0 saturated carbocycles. The SMILES string of the molecule is Clc1ccc(OCc2cnc(Br)o2)cc1. The highest BCUT2D eigenvalue weighted by atomic mass is 79.9. The first kappa shape index (κ1) is 10.5. The van der Waals surface area contributed by atoms with Crippen LogP contribution < -0.4 is 4.74 Å². The number of benzene rings is 1. The van der Waals surface area contributed by atoms with Crippen molar-refractivity contribution < 1.29 is 9.15 Å². The third kappa shape index (κ3) is 2.97. The molecule has 0 atom stereocenters. The molecule has 0 N–H and O–H groups in total. The molecule has 2 rings (SSSR count). The quantitative estimate of drug-likeness (QED) is 0.864. The maximum absolute atomic E-state index is 5.74. The van der Waals surface area contributed by atoms with Crippen molar-refractivity contribution in [1.29, 1.82) is 0 Å². The number of nitrogens with zero attached hydrogens (tertiary/aromatic N) is 1. The topological polar surface area (TPSA) is 35.3 Å². The third-order valence-electron chi connectivity index (χ3n) is 1.72. The zero-order valence-corrected chi connectivity index (χ0v) is 9.96. The Kier molecular flexibility index (Phi) is 3.28. The number of hydrogen-bond acceptors (Lipinski definition) is 3. The molecule has 0 bridgehead atoms. The van der Waals surface area contributed by atoms with Gasteiger partial charge in [0, 0.05) is 21.0 Å². The van der Waals surface area contributed by atoms with Gasteiger partial charge in [0.2, 0.25) is 0 Å². The smallest absolute Gasteiger partial charge is 0.264 e. The Morgan fingerprint density at radius 1 is 1.33 bits per heavy atom. The van der Waals surface area contributed by atoms with E-state index in [1.54, 1.807) is 30.5 Å². The Morgan fingerprint density at radius 2 is 2.07 bits per heavy atom. The molecule has 1 aromatic carbocycles. The van der Waals surface area contributed by atoms with Crippen LogP contribution in [0.1, 0.15) is 5.76 Å². The molecule has 0 saturated heterocycles. The van der Waals surface area contributed by atoms with Crippen LogP contribution in [0.3, 0.4) is 0 Å². The minimum absolute atomic E-state index is 0.347. The van der Waals surface area contributed by atoms with Crippen molar-refractivity contribution in [2.24, 2.45) is 0 Å². The van der Waals surface area contributed by atoms with Crippen LogP contribution >= 0.6 is 27.5 Å². The van der Waals surface area contributed by atoms with E-state index in [2.05, 4.69) is 20.9 Å². The predicted molar refractivity (Wildman–Crippen MR) is 60.0 cm³/mol. The summed E-state index contributed by atoms with van der Waals surface area (Å²) in [5.74, 6) is 1.41. The second kappa shape index (κ2) is 4.68. The first-order chi connectivity index (χ1) is 7.24. The second-order valence-corrected chi connectivity index (χ2v) is 3.94. The van der Waals surface area contributed by atoms with E-state index in [9.17, 15) is 0 Å². The van der Waals surface area contributed by atoms with E-state index in [0.29, 0.717) is 22.2 Å². The Hall–Kier alpha value is -1.00. The molecule has 78 valence electrons. The number of ether oxygens (including phenoxy) is 1. The molecular formula is C10H7BrClNO2. The number of oxazole rings is 1. The minimum atomic E-state index is 0.347. The zero-order valence-electron chi connectivity index (χ0n) is 7.61. The Morgan fingerprint density at radius 3 is 2.67 bits per heavy atom. The Labute approximate surface area is 100 Å². The maximum Gasteiger partial charge on any atom is 0.264 e. The first-order valence-electron chi connectivity index (χ1n) is 4.22. The summed E-state index contributed by atoms with van der Waals surface area (Å²) >= 11 is 8.86. The summed E-state index contributed by atoms with van der Waals surface area (Å²) in [5.41, 5.74) is 0. The van der Waals surface area contributed by atoms with Crippen LogP contribution in [0.15, 0.2) is 39.7 Å². The molecule has 0 aliphatic carbocycles. The molecule has 0 aliphatic heterocycles. The lowest BCUT2D eigenvalue weighted by atomic mass is 10.3. The van der Waals surface area contributed by atoms with E-state index in [0.717, 1.165) is 5.75 Å². The lowest BCUT2D eigenvalue weighted by Gasteiger charge is -2.02. The lowest BCUT2D eigenvalue weighted by Crippen LogP contribution is -1.92. The number of aromatic nitrogens is 1. The van der Waals surface area contributed by atoms with Crippen LogP contribution in [0.2, 0.25) is 5.02 Å². The average Bonchev–Trinajstić information content (AvgIpc) is 2.64. The second-order valence-electron chi connectivity index (χ2n) is 2.82. The standard InChI is InChI=1S/C10H7BrClNO2/c11-10-13-5-9(15-10)6-14-8-3-1-7(12)2-4-8/h1-5H,6H2. The molecule has 15 heavy (non-hydrogen) atoms. The molecule has 1 heterocycles. The average molecular weight is 289 g/mol. The van der Waals surface area contributed by atoms with Gasteiger partial charge in [-0.2, -0.15) is 0 Å². The monoisotopic (exact) mass is 287 g/mol. The molecule has 2 aromatic rings. The van der Waals surface area contributed by atoms with Crippen molar-refractivity contribution in [3.63, 3.8) is 0 Å². The lowest BCUT2D eigenvalue weighted by molar-refractivity contribution is 0.267. The molecule has 0 unspecified atom stereocenters. The normalized spacial score (nSPS) is 10.3. The van der Waals surface area contributed by atoms with Gasteiger partial charge in [-0.1, -0.05) is 11.6 Å². The van der Waals surface area contributed by atoms with Crippen LogP contribution in [0, 0.1) is 0 Å². The molecule has 0 amide bonds. The number of hydrogen-bond donors (Lipinski definition) is 0. The molecule has 1 aromatic heterocycles. The predicted octanol–water partition coefficient (Wildman–Crippen LogP) is 3.67. The first-order valence-corrected chi connectivity index (χ1v) is 5.40. The summed E-state index contributed by atoms with van der Waals surface area (Å²) in [4.78, 5) is 4.35. The summed E-state index contributed by atoms with van der Waals surface area (Å²) in [6.45, 7) is 0.347. The van der Waals surface area contributed by atoms with Gasteiger partial charge in [-0.15, -0.1) is 0 Å². The summed E-state index contributed by atoms with van der Waals surface area (Å²) in [7, 11) is 0. The largest absolute Gasteiger partial charge is 0.486 e. The van der Waals surface area contributed by atoms with E-state index in [4.69, 9.17) is 20.8 Å². The van der Waals surface area contributed by atoms with Gasteiger partial charge in [-0.3, -0.25) is 0 Å². The van der Waals surface area contributed by atoms with Crippen molar-refractivity contribution in [2.75, 3.05) is 0 Å². The summed E-state index contributed by atoms with van der Waals surface area (Å²) in [6, 6.07) is 7.14. The van der Waals surface area contributed by atoms with Gasteiger partial charge in [0.25, 0.3) is 4.80 Å². The van der Waals surface area contributed by atoms with Crippen molar-refractivity contribution >= 4 is 27.5 Å². The molecule has 0 radical (unpaired) electrons. The third-order valence-corrected chi connectivity index (χ3v) is 2.34. The van der Waals surface area contributed by atoms with Crippen molar-refractivity contribution in [3.8, 4) is 5.75 Å².